The second-order valence-electron chi connectivity index (χ2n) is 19.6. The molecule has 6 heteroatoms. The lowest BCUT2D eigenvalue weighted by Crippen LogP contribution is -2.45. The van der Waals surface area contributed by atoms with Crippen LogP contribution in [-0.2, 0) is 14.3 Å². The zero-order chi connectivity index (χ0) is 47.2. The van der Waals surface area contributed by atoms with E-state index < -0.39 is 12.1 Å². The summed E-state index contributed by atoms with van der Waals surface area (Å²) in [5.41, 5.74) is 0. The van der Waals surface area contributed by atoms with Crippen molar-refractivity contribution >= 4 is 11.9 Å². The second kappa shape index (κ2) is 54.7. The molecule has 2 atom stereocenters. The summed E-state index contributed by atoms with van der Waals surface area (Å²) in [5.74, 6) is -0.107. The summed E-state index contributed by atoms with van der Waals surface area (Å²) >= 11 is 0. The van der Waals surface area contributed by atoms with Gasteiger partial charge in [0.2, 0.25) is 5.91 Å². The predicted octanol–water partition coefficient (Wildman–Crippen LogP) is 17.6. The molecule has 0 aliphatic carbocycles. The van der Waals surface area contributed by atoms with Crippen LogP contribution >= 0.6 is 0 Å². The first kappa shape index (κ1) is 63.1. The van der Waals surface area contributed by atoms with Crippen LogP contribution in [0.15, 0.2) is 36.5 Å². The van der Waals surface area contributed by atoms with Crippen molar-refractivity contribution in [1.29, 1.82) is 0 Å². The van der Waals surface area contributed by atoms with Crippen LogP contribution in [0.5, 0.6) is 0 Å². The highest BCUT2D eigenvalue weighted by Crippen LogP contribution is 2.17. The van der Waals surface area contributed by atoms with Gasteiger partial charge in [-0.3, -0.25) is 9.59 Å². The van der Waals surface area contributed by atoms with Gasteiger partial charge in [0.1, 0.15) is 0 Å². The Morgan fingerprint density at radius 1 is 0.431 bits per heavy atom. The maximum Gasteiger partial charge on any atom is 0.305 e. The maximum atomic E-state index is 12.4. The minimum atomic E-state index is -0.847. The van der Waals surface area contributed by atoms with E-state index in [9.17, 15) is 19.8 Å². The van der Waals surface area contributed by atoms with Gasteiger partial charge < -0.3 is 20.3 Å². The van der Waals surface area contributed by atoms with Gasteiger partial charge in [0.25, 0.3) is 0 Å². The summed E-state index contributed by atoms with van der Waals surface area (Å²) < 4.78 is 5.42. The van der Waals surface area contributed by atoms with Gasteiger partial charge in [0, 0.05) is 12.8 Å². The van der Waals surface area contributed by atoms with Crippen LogP contribution in [0, 0.1) is 0 Å². The molecule has 0 saturated carbocycles. The Hall–Kier alpha value is -1.92. The molecule has 6 nitrogen and oxygen atoms in total. The molecular formula is C59H111NO5. The van der Waals surface area contributed by atoms with Crippen molar-refractivity contribution < 1.29 is 24.5 Å². The maximum absolute atomic E-state index is 12.4. The van der Waals surface area contributed by atoms with E-state index in [2.05, 4.69) is 43.5 Å². The van der Waals surface area contributed by atoms with Crippen molar-refractivity contribution in [3.8, 4) is 0 Å². The summed E-state index contributed by atoms with van der Waals surface area (Å²) in [6.07, 6.45) is 67.6. The molecule has 3 N–H and O–H groups in total. The highest BCUT2D eigenvalue weighted by molar-refractivity contribution is 5.76. The highest BCUT2D eigenvalue weighted by Gasteiger charge is 2.18. The van der Waals surface area contributed by atoms with E-state index in [1.165, 1.54) is 225 Å². The largest absolute Gasteiger partial charge is 0.465 e. The Bertz CT molecular complexity index is 1060. The molecule has 0 bridgehead atoms. The Morgan fingerprint density at radius 3 is 1.17 bits per heavy atom. The first-order chi connectivity index (χ1) is 32.0. The number of esters is 1. The first-order valence-electron chi connectivity index (χ1n) is 28.8. The van der Waals surface area contributed by atoms with Gasteiger partial charge in [-0.25, -0.2) is 0 Å². The van der Waals surface area contributed by atoms with E-state index in [0.29, 0.717) is 19.4 Å². The standard InChI is InChI=1S/C59H111NO5/c1-3-5-7-9-11-13-15-17-25-29-33-37-41-45-49-53-59(64)65-54-50-46-42-38-34-30-27-24-22-20-18-19-21-23-26-28-32-36-40-44-48-52-58(63)60-56(55-61)57(62)51-47-43-39-35-31-16-14-12-10-8-6-4-2/h30,34,42,46-47,51,56-57,61-62H,3-29,31-33,35-41,43-45,48-50,52-55H2,1-2H3,(H,60,63)/b34-30-,46-42-,51-47+. The molecule has 382 valence electrons. The minimum Gasteiger partial charge on any atom is -0.465 e. The topological polar surface area (TPSA) is 95.9 Å². The molecule has 0 aromatic rings. The van der Waals surface area contributed by atoms with E-state index >= 15 is 0 Å². The van der Waals surface area contributed by atoms with E-state index in [4.69, 9.17) is 4.74 Å². The van der Waals surface area contributed by atoms with Gasteiger partial charge in [-0.05, 0) is 51.4 Å². The van der Waals surface area contributed by atoms with Crippen LogP contribution in [0.2, 0.25) is 0 Å². The van der Waals surface area contributed by atoms with Crippen LogP contribution < -0.4 is 5.32 Å². The third-order valence-electron chi connectivity index (χ3n) is 13.2. The fourth-order valence-electron chi connectivity index (χ4n) is 8.77. The fourth-order valence-corrected chi connectivity index (χ4v) is 8.77. The van der Waals surface area contributed by atoms with Crippen molar-refractivity contribution in [2.45, 2.75) is 315 Å². The summed E-state index contributed by atoms with van der Waals surface area (Å²) in [5, 5.41) is 23.0. The Kier molecular flexibility index (Phi) is 53.1. The van der Waals surface area contributed by atoms with E-state index in [-0.39, 0.29) is 18.5 Å². The number of hydrogen-bond donors (Lipinski definition) is 3. The Morgan fingerprint density at radius 2 is 0.769 bits per heavy atom. The minimum absolute atomic E-state index is 0.0332. The van der Waals surface area contributed by atoms with E-state index in [0.717, 1.165) is 51.4 Å². The summed E-state index contributed by atoms with van der Waals surface area (Å²) in [7, 11) is 0. The molecule has 1 amide bonds. The van der Waals surface area contributed by atoms with Crippen molar-refractivity contribution in [2.75, 3.05) is 13.2 Å². The molecule has 0 spiro atoms. The lowest BCUT2D eigenvalue weighted by molar-refractivity contribution is -0.143. The van der Waals surface area contributed by atoms with Gasteiger partial charge in [-0.1, -0.05) is 275 Å². The fraction of sp³-hybridized carbons (Fsp3) is 0.864. The number of allylic oxidation sites excluding steroid dienone is 4. The van der Waals surface area contributed by atoms with E-state index in [1.54, 1.807) is 6.08 Å². The van der Waals surface area contributed by atoms with Crippen molar-refractivity contribution in [2.24, 2.45) is 0 Å². The SMILES string of the molecule is CCCCCCCCCCCC/C=C/C(O)C(CO)NC(=O)CCCCCCCCCCCCCCCC/C=C\C/C=C\CCOC(=O)CCCCCCCCCCCCCCCCC. The lowest BCUT2D eigenvalue weighted by atomic mass is 10.0. The summed E-state index contributed by atoms with van der Waals surface area (Å²) in [4.78, 5) is 24.4. The summed E-state index contributed by atoms with van der Waals surface area (Å²) in [6, 6.07) is -0.631. The molecule has 0 fully saturated rings. The molecule has 0 saturated heterocycles. The second-order valence-corrected chi connectivity index (χ2v) is 19.6. The number of ether oxygens (including phenoxy) is 1. The molecule has 2 unspecified atom stereocenters. The van der Waals surface area contributed by atoms with Crippen LogP contribution in [0.1, 0.15) is 303 Å². The zero-order valence-corrected chi connectivity index (χ0v) is 43.5. The van der Waals surface area contributed by atoms with E-state index in [1.807, 2.05) is 6.08 Å². The van der Waals surface area contributed by atoms with Gasteiger partial charge >= 0.3 is 5.97 Å². The normalized spacial score (nSPS) is 12.9. The predicted molar refractivity (Wildman–Crippen MR) is 283 cm³/mol. The molecule has 0 aliphatic heterocycles. The number of rotatable bonds is 53. The number of nitrogens with one attached hydrogen (secondary N) is 1. The Balaban J connectivity index is 3.46. The number of carbonyl (C=O) groups excluding carboxylic acids is 2. The Labute approximate surface area is 404 Å². The van der Waals surface area contributed by atoms with Gasteiger partial charge in [-0.2, -0.15) is 0 Å². The van der Waals surface area contributed by atoms with Crippen LogP contribution in [-0.4, -0.2) is 47.4 Å². The van der Waals surface area contributed by atoms with Gasteiger partial charge in [0.15, 0.2) is 0 Å². The van der Waals surface area contributed by atoms with Crippen molar-refractivity contribution in [3.05, 3.63) is 36.5 Å². The molecule has 65 heavy (non-hydrogen) atoms. The molecule has 0 heterocycles. The van der Waals surface area contributed by atoms with Crippen molar-refractivity contribution in [3.63, 3.8) is 0 Å². The monoisotopic (exact) mass is 914 g/mol. The number of aliphatic hydroxyl groups excluding tert-OH is 2. The summed E-state index contributed by atoms with van der Waals surface area (Å²) in [6.45, 7) is 4.79. The quantitative estimate of drug-likeness (QED) is 0.0321. The van der Waals surface area contributed by atoms with Gasteiger partial charge in [0.05, 0.1) is 25.4 Å². The van der Waals surface area contributed by atoms with Gasteiger partial charge in [-0.15, -0.1) is 0 Å². The molecule has 0 aromatic carbocycles. The molecule has 0 aromatic heterocycles. The molecule has 0 aliphatic rings. The lowest BCUT2D eigenvalue weighted by Gasteiger charge is -2.20. The third kappa shape index (κ3) is 51.3. The average molecular weight is 915 g/mol. The van der Waals surface area contributed by atoms with Crippen LogP contribution in [0.25, 0.3) is 0 Å². The van der Waals surface area contributed by atoms with Crippen molar-refractivity contribution in [1.82, 2.24) is 5.32 Å². The number of aliphatic hydroxyl groups is 2. The zero-order valence-electron chi connectivity index (χ0n) is 43.5. The number of unbranched alkanes of at least 4 members (excludes halogenated alkanes) is 38. The molecular weight excluding hydrogens is 803 g/mol. The number of amides is 1. The molecule has 0 radical (unpaired) electrons. The highest BCUT2D eigenvalue weighted by atomic mass is 16.5. The molecule has 0 rings (SSSR count). The third-order valence-corrected chi connectivity index (χ3v) is 13.2. The smallest absolute Gasteiger partial charge is 0.305 e. The average Bonchev–Trinajstić information content (AvgIpc) is 3.31. The number of hydrogen-bond acceptors (Lipinski definition) is 5. The van der Waals surface area contributed by atoms with Crippen LogP contribution in [0.4, 0.5) is 0 Å². The number of carbonyl (C=O) groups is 2. The van der Waals surface area contributed by atoms with Crippen LogP contribution in [0.3, 0.4) is 0 Å². The first-order valence-corrected chi connectivity index (χ1v) is 28.8.